The van der Waals surface area contributed by atoms with Gasteiger partial charge in [-0.3, -0.25) is 9.59 Å². The zero-order valence-electron chi connectivity index (χ0n) is 16.3. The van der Waals surface area contributed by atoms with Crippen LogP contribution >= 0.6 is 0 Å². The number of carbonyl (C=O) groups is 2. The number of benzene rings is 2. The van der Waals surface area contributed by atoms with Gasteiger partial charge in [0, 0.05) is 24.3 Å². The summed E-state index contributed by atoms with van der Waals surface area (Å²) < 4.78 is 5.12. The molecule has 0 bridgehead atoms. The van der Waals surface area contributed by atoms with E-state index in [0.29, 0.717) is 11.3 Å². The second kappa shape index (κ2) is 10.4. The van der Waals surface area contributed by atoms with Gasteiger partial charge in [0.2, 0.25) is 5.91 Å². The number of nitrogens with zero attached hydrogens (tertiary/aromatic N) is 1. The molecular formula is C22H28N2O3. The Morgan fingerprint density at radius 2 is 1.67 bits per heavy atom. The van der Waals surface area contributed by atoms with E-state index in [9.17, 15) is 9.59 Å². The van der Waals surface area contributed by atoms with Gasteiger partial charge in [-0.15, -0.1) is 0 Å². The summed E-state index contributed by atoms with van der Waals surface area (Å²) in [7, 11) is 1.61. The van der Waals surface area contributed by atoms with Crippen molar-refractivity contribution in [1.29, 1.82) is 0 Å². The predicted molar refractivity (Wildman–Crippen MR) is 108 cm³/mol. The number of amides is 2. The van der Waals surface area contributed by atoms with E-state index in [0.717, 1.165) is 37.2 Å². The Kier molecular flexibility index (Phi) is 7.86. The van der Waals surface area contributed by atoms with E-state index in [4.69, 9.17) is 4.74 Å². The first kappa shape index (κ1) is 20.5. The lowest BCUT2D eigenvalue weighted by Gasteiger charge is -2.21. The number of anilines is 1. The molecule has 2 aromatic carbocycles. The van der Waals surface area contributed by atoms with Crippen molar-refractivity contribution in [2.24, 2.45) is 0 Å². The highest BCUT2D eigenvalue weighted by Gasteiger charge is 2.15. The average molecular weight is 368 g/mol. The fourth-order valence-corrected chi connectivity index (χ4v) is 2.90. The molecule has 2 aromatic rings. The molecule has 27 heavy (non-hydrogen) atoms. The van der Waals surface area contributed by atoms with Crippen LogP contribution in [0.4, 0.5) is 5.69 Å². The van der Waals surface area contributed by atoms with Gasteiger partial charge in [-0.05, 0) is 48.7 Å². The predicted octanol–water partition coefficient (Wildman–Crippen LogP) is 4.14. The molecule has 0 saturated heterocycles. The molecule has 5 heteroatoms. The van der Waals surface area contributed by atoms with Crippen molar-refractivity contribution in [2.75, 3.05) is 25.5 Å². The molecule has 5 nitrogen and oxygen atoms in total. The van der Waals surface area contributed by atoms with Gasteiger partial charge in [0.1, 0.15) is 5.75 Å². The molecule has 0 aliphatic heterocycles. The van der Waals surface area contributed by atoms with Crippen molar-refractivity contribution < 1.29 is 14.3 Å². The summed E-state index contributed by atoms with van der Waals surface area (Å²) in [5, 5.41) is 2.88. The third kappa shape index (κ3) is 6.13. The maximum Gasteiger partial charge on any atom is 0.253 e. The summed E-state index contributed by atoms with van der Waals surface area (Å²) in [5.74, 6) is 0.641. The molecule has 0 atom stereocenters. The minimum absolute atomic E-state index is 0.00459. The Morgan fingerprint density at radius 3 is 2.26 bits per heavy atom. The lowest BCUT2D eigenvalue weighted by molar-refractivity contribution is -0.115. The minimum atomic E-state index is -0.122. The normalized spacial score (nSPS) is 10.3. The molecule has 0 aliphatic rings. The summed E-state index contributed by atoms with van der Waals surface area (Å²) in [6.07, 6.45) is 2.11. The van der Waals surface area contributed by atoms with E-state index in [1.54, 1.807) is 31.4 Å². The molecule has 0 saturated carbocycles. The van der Waals surface area contributed by atoms with Gasteiger partial charge >= 0.3 is 0 Å². The van der Waals surface area contributed by atoms with Crippen LogP contribution in [0.25, 0.3) is 0 Å². The lowest BCUT2D eigenvalue weighted by atomic mass is 10.1. The first-order valence-electron chi connectivity index (χ1n) is 9.39. The van der Waals surface area contributed by atoms with Crippen LogP contribution in [0, 0.1) is 0 Å². The quantitative estimate of drug-likeness (QED) is 0.724. The zero-order valence-corrected chi connectivity index (χ0v) is 16.3. The van der Waals surface area contributed by atoms with Crippen LogP contribution < -0.4 is 10.1 Å². The van der Waals surface area contributed by atoms with E-state index >= 15 is 0 Å². The van der Waals surface area contributed by atoms with Crippen LogP contribution in [0.2, 0.25) is 0 Å². The topological polar surface area (TPSA) is 58.6 Å². The van der Waals surface area contributed by atoms with E-state index < -0.39 is 0 Å². The Labute approximate surface area is 161 Å². The number of nitrogens with one attached hydrogen (secondary N) is 1. The minimum Gasteiger partial charge on any atom is -0.497 e. The van der Waals surface area contributed by atoms with Crippen molar-refractivity contribution in [3.63, 3.8) is 0 Å². The molecule has 0 radical (unpaired) electrons. The number of ether oxygens (including phenoxy) is 1. The maximum absolute atomic E-state index is 12.7. The van der Waals surface area contributed by atoms with Crippen molar-refractivity contribution >= 4 is 17.5 Å². The fraction of sp³-hybridized carbons (Fsp3) is 0.364. The molecule has 0 aliphatic carbocycles. The van der Waals surface area contributed by atoms with E-state index in [2.05, 4.69) is 19.2 Å². The Bertz CT molecular complexity index is 750. The van der Waals surface area contributed by atoms with Crippen LogP contribution in [-0.2, 0) is 11.2 Å². The Morgan fingerprint density at radius 1 is 1.00 bits per heavy atom. The SMILES string of the molecule is CCCN(CCC)C(=O)c1cccc(NC(=O)Cc2ccc(OC)cc2)c1. The van der Waals surface area contributed by atoms with Gasteiger partial charge in [0.05, 0.1) is 13.5 Å². The molecule has 144 valence electrons. The summed E-state index contributed by atoms with van der Waals surface area (Å²) in [6, 6.07) is 14.5. The van der Waals surface area contributed by atoms with Gasteiger partial charge in [0.25, 0.3) is 5.91 Å². The number of carbonyl (C=O) groups excluding carboxylic acids is 2. The first-order chi connectivity index (χ1) is 13.1. The highest BCUT2D eigenvalue weighted by atomic mass is 16.5. The summed E-state index contributed by atoms with van der Waals surface area (Å²) in [4.78, 5) is 26.9. The molecule has 0 heterocycles. The Balaban J connectivity index is 2.03. The van der Waals surface area contributed by atoms with Gasteiger partial charge < -0.3 is 15.0 Å². The molecule has 0 spiro atoms. The number of methoxy groups -OCH3 is 1. The van der Waals surface area contributed by atoms with Crippen molar-refractivity contribution in [3.05, 3.63) is 59.7 Å². The monoisotopic (exact) mass is 368 g/mol. The summed E-state index contributed by atoms with van der Waals surface area (Å²) in [5.41, 5.74) is 2.13. The van der Waals surface area contributed by atoms with Crippen molar-refractivity contribution in [2.45, 2.75) is 33.1 Å². The highest BCUT2D eigenvalue weighted by Crippen LogP contribution is 2.15. The summed E-state index contributed by atoms with van der Waals surface area (Å²) >= 11 is 0. The van der Waals surface area contributed by atoms with E-state index in [1.807, 2.05) is 29.2 Å². The van der Waals surface area contributed by atoms with Gasteiger partial charge in [0.15, 0.2) is 0 Å². The second-order valence-corrected chi connectivity index (χ2v) is 6.45. The van der Waals surface area contributed by atoms with Crippen LogP contribution in [0.15, 0.2) is 48.5 Å². The Hall–Kier alpha value is -2.82. The third-order valence-electron chi connectivity index (χ3n) is 4.19. The van der Waals surface area contributed by atoms with Crippen LogP contribution in [0.5, 0.6) is 5.75 Å². The van der Waals surface area contributed by atoms with Crippen LogP contribution in [0.1, 0.15) is 42.6 Å². The van der Waals surface area contributed by atoms with E-state index in [1.165, 1.54) is 0 Å². The second-order valence-electron chi connectivity index (χ2n) is 6.45. The molecule has 2 rings (SSSR count). The molecule has 1 N–H and O–H groups in total. The largest absolute Gasteiger partial charge is 0.497 e. The standard InChI is InChI=1S/C22H28N2O3/c1-4-13-24(14-5-2)22(26)18-7-6-8-19(16-18)23-21(25)15-17-9-11-20(27-3)12-10-17/h6-12,16H,4-5,13-15H2,1-3H3,(H,23,25). The zero-order chi connectivity index (χ0) is 19.6. The molecule has 2 amide bonds. The number of hydrogen-bond acceptors (Lipinski definition) is 3. The molecule has 0 aromatic heterocycles. The number of rotatable bonds is 9. The average Bonchev–Trinajstić information content (AvgIpc) is 2.68. The molecular weight excluding hydrogens is 340 g/mol. The smallest absolute Gasteiger partial charge is 0.253 e. The van der Waals surface area contributed by atoms with Crippen LogP contribution in [0.3, 0.4) is 0 Å². The summed E-state index contributed by atoms with van der Waals surface area (Å²) in [6.45, 7) is 5.60. The lowest BCUT2D eigenvalue weighted by Crippen LogP contribution is -2.32. The van der Waals surface area contributed by atoms with Gasteiger partial charge in [-0.25, -0.2) is 0 Å². The van der Waals surface area contributed by atoms with Crippen molar-refractivity contribution in [1.82, 2.24) is 4.90 Å². The molecule has 0 unspecified atom stereocenters. The third-order valence-corrected chi connectivity index (χ3v) is 4.19. The maximum atomic E-state index is 12.7. The highest BCUT2D eigenvalue weighted by molar-refractivity contribution is 5.97. The van der Waals surface area contributed by atoms with Gasteiger partial charge in [-0.1, -0.05) is 32.0 Å². The fourth-order valence-electron chi connectivity index (χ4n) is 2.90. The van der Waals surface area contributed by atoms with E-state index in [-0.39, 0.29) is 18.2 Å². The van der Waals surface area contributed by atoms with Gasteiger partial charge in [-0.2, -0.15) is 0 Å². The number of hydrogen-bond donors (Lipinski definition) is 1. The molecule has 0 fully saturated rings. The first-order valence-corrected chi connectivity index (χ1v) is 9.39. The van der Waals surface area contributed by atoms with Crippen molar-refractivity contribution in [3.8, 4) is 5.75 Å². The van der Waals surface area contributed by atoms with Crippen LogP contribution in [-0.4, -0.2) is 36.9 Å².